The van der Waals surface area contributed by atoms with Crippen molar-refractivity contribution < 1.29 is 14.3 Å². The van der Waals surface area contributed by atoms with Gasteiger partial charge >= 0.3 is 5.97 Å². The molecule has 0 amide bonds. The van der Waals surface area contributed by atoms with Crippen molar-refractivity contribution in [2.45, 2.75) is 13.5 Å². The van der Waals surface area contributed by atoms with E-state index in [1.165, 1.54) is 0 Å². The van der Waals surface area contributed by atoms with Crippen LogP contribution >= 0.6 is 0 Å². The lowest BCUT2D eigenvalue weighted by Gasteiger charge is -2.12. The Kier molecular flexibility index (Phi) is 5.90. The Morgan fingerprint density at radius 3 is 2.60 bits per heavy atom. The number of ether oxygens (including phenoxy) is 2. The van der Waals surface area contributed by atoms with Gasteiger partial charge in [-0.3, -0.25) is 0 Å². The number of carbonyl (C=O) groups excluding carboxylic acids is 1. The first kappa shape index (κ1) is 19.5. The molecule has 0 aliphatic carbocycles. The van der Waals surface area contributed by atoms with Crippen LogP contribution < -0.4 is 4.74 Å². The highest BCUT2D eigenvalue weighted by Crippen LogP contribution is 2.35. The molecular formula is C25H22N2O3. The van der Waals surface area contributed by atoms with Gasteiger partial charge in [0.25, 0.3) is 0 Å². The first-order valence-electron chi connectivity index (χ1n) is 9.83. The summed E-state index contributed by atoms with van der Waals surface area (Å²) in [7, 11) is 0. The number of benzene rings is 3. The highest BCUT2D eigenvalue weighted by molar-refractivity contribution is 5.92. The molecule has 3 aromatic carbocycles. The monoisotopic (exact) mass is 398 g/mol. The van der Waals surface area contributed by atoms with Crippen molar-refractivity contribution in [1.29, 1.82) is 0 Å². The summed E-state index contributed by atoms with van der Waals surface area (Å²) in [5, 5.41) is 0. The number of esters is 1. The van der Waals surface area contributed by atoms with Gasteiger partial charge in [0.15, 0.2) is 0 Å². The van der Waals surface area contributed by atoms with Crippen LogP contribution in [0.1, 0.15) is 22.8 Å². The van der Waals surface area contributed by atoms with Crippen molar-refractivity contribution in [3.8, 4) is 28.3 Å². The molecule has 5 heteroatoms. The maximum atomic E-state index is 12.1. The third-order valence-electron chi connectivity index (χ3n) is 4.68. The van der Waals surface area contributed by atoms with Gasteiger partial charge in [-0.1, -0.05) is 54.6 Å². The number of rotatable bonds is 7. The van der Waals surface area contributed by atoms with E-state index in [1.54, 1.807) is 19.3 Å². The standard InChI is InChI=1S/C25H22N2O3/c1-2-29-25(28)20-12-8-11-19(15-20)23-24(27-17-26-23)21-13-6-7-14-22(21)30-16-18-9-4-3-5-10-18/h3-15,17H,2,16H2,1H3,(H,26,27). The molecule has 4 aromatic rings. The van der Waals surface area contributed by atoms with E-state index >= 15 is 0 Å². The van der Waals surface area contributed by atoms with Crippen molar-refractivity contribution in [3.05, 3.63) is 96.3 Å². The number of aromatic amines is 1. The van der Waals surface area contributed by atoms with Gasteiger partial charge < -0.3 is 14.5 Å². The Hall–Kier alpha value is -3.86. The summed E-state index contributed by atoms with van der Waals surface area (Å²) in [6.45, 7) is 2.60. The Labute approximate surface area is 175 Å². The number of carbonyl (C=O) groups is 1. The fourth-order valence-corrected chi connectivity index (χ4v) is 3.26. The summed E-state index contributed by atoms with van der Waals surface area (Å²) in [5.74, 6) is 0.406. The molecule has 150 valence electrons. The summed E-state index contributed by atoms with van der Waals surface area (Å²) < 4.78 is 11.2. The number of H-pyrrole nitrogens is 1. The third kappa shape index (κ3) is 4.25. The molecule has 1 N–H and O–H groups in total. The minimum absolute atomic E-state index is 0.338. The molecule has 4 rings (SSSR count). The predicted octanol–water partition coefficient (Wildman–Crippen LogP) is 5.50. The molecule has 0 radical (unpaired) electrons. The zero-order chi connectivity index (χ0) is 20.8. The van der Waals surface area contributed by atoms with Crippen molar-refractivity contribution >= 4 is 5.97 Å². The fourth-order valence-electron chi connectivity index (χ4n) is 3.26. The number of nitrogens with one attached hydrogen (secondary N) is 1. The van der Waals surface area contributed by atoms with Crippen LogP contribution in [-0.2, 0) is 11.3 Å². The summed E-state index contributed by atoms with van der Waals surface area (Å²) >= 11 is 0. The second-order valence-electron chi connectivity index (χ2n) is 6.70. The number of para-hydroxylation sites is 1. The van der Waals surface area contributed by atoms with Crippen LogP contribution in [0.4, 0.5) is 0 Å². The molecule has 0 saturated carbocycles. The average Bonchev–Trinajstić information content (AvgIpc) is 3.29. The van der Waals surface area contributed by atoms with Gasteiger partial charge in [-0.2, -0.15) is 0 Å². The Bertz CT molecular complexity index is 1140. The van der Waals surface area contributed by atoms with Gasteiger partial charge in [0.1, 0.15) is 12.4 Å². The third-order valence-corrected chi connectivity index (χ3v) is 4.68. The molecular weight excluding hydrogens is 376 g/mol. The van der Waals surface area contributed by atoms with E-state index in [4.69, 9.17) is 9.47 Å². The zero-order valence-electron chi connectivity index (χ0n) is 16.7. The van der Waals surface area contributed by atoms with Gasteiger partial charge in [-0.05, 0) is 36.8 Å². The van der Waals surface area contributed by atoms with Gasteiger partial charge in [-0.15, -0.1) is 0 Å². The van der Waals surface area contributed by atoms with E-state index in [-0.39, 0.29) is 5.97 Å². The van der Waals surface area contributed by atoms with Crippen LogP contribution in [-0.4, -0.2) is 22.5 Å². The quantitative estimate of drug-likeness (QED) is 0.418. The van der Waals surface area contributed by atoms with Gasteiger partial charge in [-0.25, -0.2) is 9.78 Å². The molecule has 0 unspecified atom stereocenters. The molecule has 0 atom stereocenters. The minimum atomic E-state index is -0.341. The van der Waals surface area contributed by atoms with E-state index in [2.05, 4.69) is 9.97 Å². The van der Waals surface area contributed by atoms with E-state index < -0.39 is 0 Å². The second kappa shape index (κ2) is 9.09. The van der Waals surface area contributed by atoms with Crippen LogP contribution in [0.25, 0.3) is 22.5 Å². The molecule has 1 aromatic heterocycles. The van der Waals surface area contributed by atoms with Gasteiger partial charge in [0.2, 0.25) is 0 Å². The van der Waals surface area contributed by atoms with Crippen LogP contribution in [0, 0.1) is 0 Å². The Morgan fingerprint density at radius 2 is 1.77 bits per heavy atom. The molecule has 1 heterocycles. The first-order chi connectivity index (χ1) is 14.8. The molecule has 0 bridgehead atoms. The lowest BCUT2D eigenvalue weighted by atomic mass is 10.0. The van der Waals surface area contributed by atoms with Gasteiger partial charge in [0, 0.05) is 11.1 Å². The topological polar surface area (TPSA) is 64.2 Å². The summed E-state index contributed by atoms with van der Waals surface area (Å²) in [6, 6.07) is 25.2. The smallest absolute Gasteiger partial charge is 0.338 e. The Balaban J connectivity index is 1.66. The van der Waals surface area contributed by atoms with Gasteiger partial charge in [0.05, 0.1) is 29.9 Å². The average molecular weight is 398 g/mol. The largest absolute Gasteiger partial charge is 0.488 e. The molecule has 0 fully saturated rings. The van der Waals surface area contributed by atoms with Crippen LogP contribution in [0.2, 0.25) is 0 Å². The molecule has 0 spiro atoms. The lowest BCUT2D eigenvalue weighted by Crippen LogP contribution is -2.04. The van der Waals surface area contributed by atoms with Crippen LogP contribution in [0.5, 0.6) is 5.75 Å². The summed E-state index contributed by atoms with van der Waals surface area (Å²) in [4.78, 5) is 19.9. The fraction of sp³-hybridized carbons (Fsp3) is 0.120. The molecule has 30 heavy (non-hydrogen) atoms. The van der Waals surface area contributed by atoms with Crippen molar-refractivity contribution in [3.63, 3.8) is 0 Å². The van der Waals surface area contributed by atoms with E-state index in [0.717, 1.165) is 33.8 Å². The number of aromatic nitrogens is 2. The number of imidazole rings is 1. The normalized spacial score (nSPS) is 10.6. The van der Waals surface area contributed by atoms with Crippen LogP contribution in [0.3, 0.4) is 0 Å². The highest BCUT2D eigenvalue weighted by atomic mass is 16.5. The number of hydrogen-bond donors (Lipinski definition) is 1. The molecule has 0 aliphatic heterocycles. The summed E-state index contributed by atoms with van der Waals surface area (Å²) in [5.41, 5.74) is 4.91. The second-order valence-corrected chi connectivity index (χ2v) is 6.70. The molecule has 0 saturated heterocycles. The minimum Gasteiger partial charge on any atom is -0.488 e. The number of nitrogens with zero attached hydrogens (tertiary/aromatic N) is 1. The van der Waals surface area contributed by atoms with Crippen LogP contribution in [0.15, 0.2) is 85.2 Å². The van der Waals surface area contributed by atoms with Crippen molar-refractivity contribution in [2.24, 2.45) is 0 Å². The van der Waals surface area contributed by atoms with Crippen molar-refractivity contribution in [1.82, 2.24) is 9.97 Å². The van der Waals surface area contributed by atoms with E-state index in [0.29, 0.717) is 18.8 Å². The first-order valence-corrected chi connectivity index (χ1v) is 9.83. The SMILES string of the molecule is CCOC(=O)c1cccc(-c2[nH]cnc2-c2ccccc2OCc2ccccc2)c1. The lowest BCUT2D eigenvalue weighted by molar-refractivity contribution is 0.0526. The maximum Gasteiger partial charge on any atom is 0.338 e. The Morgan fingerprint density at radius 1 is 0.967 bits per heavy atom. The molecule has 0 aliphatic rings. The summed E-state index contributed by atoms with van der Waals surface area (Å²) in [6.07, 6.45) is 1.65. The zero-order valence-corrected chi connectivity index (χ0v) is 16.7. The molecule has 5 nitrogen and oxygen atoms in total. The van der Waals surface area contributed by atoms with E-state index in [9.17, 15) is 4.79 Å². The van der Waals surface area contributed by atoms with Crippen molar-refractivity contribution in [2.75, 3.05) is 6.61 Å². The highest BCUT2D eigenvalue weighted by Gasteiger charge is 2.16. The number of hydrogen-bond acceptors (Lipinski definition) is 4. The van der Waals surface area contributed by atoms with E-state index in [1.807, 2.05) is 72.8 Å². The maximum absolute atomic E-state index is 12.1. The predicted molar refractivity (Wildman–Crippen MR) is 116 cm³/mol.